The Bertz CT molecular complexity index is 864. The molecular formula is C29H52O14. The van der Waals surface area contributed by atoms with E-state index in [4.69, 9.17) is 24.1 Å². The van der Waals surface area contributed by atoms with Crippen molar-refractivity contribution in [3.8, 4) is 0 Å². The molecule has 43 heavy (non-hydrogen) atoms. The Morgan fingerprint density at radius 3 is 1.37 bits per heavy atom. The summed E-state index contributed by atoms with van der Waals surface area (Å²) in [7, 11) is 0. The lowest BCUT2D eigenvalue weighted by Crippen LogP contribution is -2.48. The van der Waals surface area contributed by atoms with Crippen LogP contribution in [0.15, 0.2) is 0 Å². The first kappa shape index (κ1) is 40.6. The van der Waals surface area contributed by atoms with Crippen LogP contribution in [-0.2, 0) is 38.1 Å². The normalized spacial score (nSPS) is 19.4. The lowest BCUT2D eigenvalue weighted by molar-refractivity contribution is -0.193. The van der Waals surface area contributed by atoms with Crippen LogP contribution in [0.25, 0.3) is 0 Å². The smallest absolute Gasteiger partial charge is 0.348 e. The van der Waals surface area contributed by atoms with Gasteiger partial charge in [-0.2, -0.15) is 0 Å². The van der Waals surface area contributed by atoms with E-state index in [-0.39, 0.29) is 0 Å². The van der Waals surface area contributed by atoms with Crippen LogP contribution >= 0.6 is 0 Å². The second-order valence-corrected chi connectivity index (χ2v) is 11.3. The molecule has 0 aliphatic rings. The zero-order valence-electron chi connectivity index (χ0n) is 26.4. The Morgan fingerprint density at radius 2 is 0.953 bits per heavy atom. The number of rotatable bonds is 20. The van der Waals surface area contributed by atoms with Crippen LogP contribution in [0, 0.1) is 23.7 Å². The third-order valence-corrected chi connectivity index (χ3v) is 7.50. The van der Waals surface area contributed by atoms with Gasteiger partial charge in [0.25, 0.3) is 0 Å². The molecule has 14 nitrogen and oxygen atoms in total. The van der Waals surface area contributed by atoms with E-state index >= 15 is 0 Å². The Balaban J connectivity index is 5.75. The molecule has 0 bridgehead atoms. The molecule has 0 spiro atoms. The molecule has 0 radical (unpaired) electrons. The minimum atomic E-state index is -1.97. The van der Waals surface area contributed by atoms with Gasteiger partial charge in [0.15, 0.2) is 6.10 Å². The Hall–Kier alpha value is -2.36. The summed E-state index contributed by atoms with van der Waals surface area (Å²) in [6.07, 6.45) is -12.2. The van der Waals surface area contributed by atoms with E-state index in [1.165, 1.54) is 0 Å². The minimum Gasteiger partial charge on any atom is -0.460 e. The lowest BCUT2D eigenvalue weighted by Gasteiger charge is -2.29. The SMILES string of the molecule is CC[C@H](C)[C@H](O)C(=O)O[C@H](C(=O)O[C@H](C(=O)O[C@H](C(=O)OC[C@H](O)[C@H](O)[C@H](O)[C@H](O)CO)[C@@H](C)CC)[C@@H](C)CC)C(C)C. The molecule has 0 aromatic carbocycles. The maximum Gasteiger partial charge on any atom is 0.348 e. The summed E-state index contributed by atoms with van der Waals surface area (Å²) in [5.41, 5.74) is 0. The summed E-state index contributed by atoms with van der Waals surface area (Å²) >= 11 is 0. The molecule has 0 aromatic rings. The summed E-state index contributed by atoms with van der Waals surface area (Å²) in [5, 5.41) is 58.3. The van der Waals surface area contributed by atoms with Crippen molar-refractivity contribution in [1.82, 2.24) is 0 Å². The molecule has 6 N–H and O–H groups in total. The number of carbonyl (C=O) groups excluding carboxylic acids is 4. The molecule has 0 heterocycles. The van der Waals surface area contributed by atoms with E-state index < -0.39 is 110 Å². The van der Waals surface area contributed by atoms with E-state index in [9.17, 15) is 44.7 Å². The Kier molecular flexibility index (Phi) is 18.7. The Labute approximate surface area is 253 Å². The summed E-state index contributed by atoms with van der Waals surface area (Å²) in [6, 6.07) is 0. The van der Waals surface area contributed by atoms with Crippen molar-refractivity contribution < 1.29 is 68.8 Å². The highest BCUT2D eigenvalue weighted by atomic mass is 16.6. The van der Waals surface area contributed by atoms with Gasteiger partial charge in [-0.3, -0.25) is 0 Å². The zero-order valence-corrected chi connectivity index (χ0v) is 26.4. The lowest BCUT2D eigenvalue weighted by atomic mass is 9.99. The van der Waals surface area contributed by atoms with Crippen LogP contribution < -0.4 is 0 Å². The number of carbonyl (C=O) groups is 4. The van der Waals surface area contributed by atoms with Crippen molar-refractivity contribution in [2.24, 2.45) is 23.7 Å². The number of hydrogen-bond donors (Lipinski definition) is 6. The molecule has 0 aromatic heterocycles. The maximum atomic E-state index is 13.3. The van der Waals surface area contributed by atoms with Crippen LogP contribution in [0.4, 0.5) is 0 Å². The standard InChI is InChI=1S/C29H52O14/c1-9-15(6)20(33)26(36)41-23(14(4)5)28(38)43-25(17(8)11-3)29(39)42-24(16(7)10-2)27(37)40-13-19(32)22(35)21(34)18(31)12-30/h14-25,30-35H,9-13H2,1-8H3/t15-,16-,17-,18+,19-,20-,21+,22-,23-,24-,25-/m0/s1. The average Bonchev–Trinajstić information content (AvgIpc) is 2.99. The van der Waals surface area contributed by atoms with Gasteiger partial charge >= 0.3 is 23.9 Å². The van der Waals surface area contributed by atoms with Gasteiger partial charge in [0, 0.05) is 17.8 Å². The summed E-state index contributed by atoms with van der Waals surface area (Å²) in [4.78, 5) is 51.7. The molecule has 0 rings (SSSR count). The monoisotopic (exact) mass is 624 g/mol. The highest BCUT2D eigenvalue weighted by molar-refractivity contribution is 5.86. The number of aliphatic hydroxyl groups excluding tert-OH is 6. The highest BCUT2D eigenvalue weighted by Gasteiger charge is 2.40. The average molecular weight is 625 g/mol. The van der Waals surface area contributed by atoms with Crippen LogP contribution in [0.5, 0.6) is 0 Å². The predicted molar refractivity (Wildman–Crippen MR) is 151 cm³/mol. The van der Waals surface area contributed by atoms with E-state index in [2.05, 4.69) is 0 Å². The van der Waals surface area contributed by atoms with Gasteiger partial charge in [-0.25, -0.2) is 19.2 Å². The minimum absolute atomic E-state index is 0.345. The van der Waals surface area contributed by atoms with Crippen molar-refractivity contribution >= 4 is 23.9 Å². The van der Waals surface area contributed by atoms with Gasteiger partial charge in [-0.15, -0.1) is 0 Å². The summed E-state index contributed by atoms with van der Waals surface area (Å²) in [6.45, 7) is 11.5. The van der Waals surface area contributed by atoms with Crippen molar-refractivity contribution in [1.29, 1.82) is 0 Å². The molecule has 0 unspecified atom stereocenters. The number of aliphatic hydroxyl groups is 6. The fraction of sp³-hybridized carbons (Fsp3) is 0.862. The molecule has 0 saturated carbocycles. The number of ether oxygens (including phenoxy) is 4. The van der Waals surface area contributed by atoms with Gasteiger partial charge in [0.05, 0.1) is 6.61 Å². The van der Waals surface area contributed by atoms with E-state index in [1.54, 1.807) is 55.4 Å². The third kappa shape index (κ3) is 12.6. The van der Waals surface area contributed by atoms with Gasteiger partial charge < -0.3 is 49.6 Å². The van der Waals surface area contributed by atoms with Crippen LogP contribution in [0.3, 0.4) is 0 Å². The quantitative estimate of drug-likeness (QED) is 0.0765. The second-order valence-electron chi connectivity index (χ2n) is 11.3. The molecule has 11 atom stereocenters. The van der Waals surface area contributed by atoms with E-state index in [0.717, 1.165) is 0 Å². The molecule has 14 heteroatoms. The first-order chi connectivity index (χ1) is 20.0. The molecule has 252 valence electrons. The van der Waals surface area contributed by atoms with Gasteiger partial charge in [-0.05, 0) is 18.8 Å². The fourth-order valence-corrected chi connectivity index (χ4v) is 3.62. The van der Waals surface area contributed by atoms with Gasteiger partial charge in [0.2, 0.25) is 18.3 Å². The van der Waals surface area contributed by atoms with Gasteiger partial charge in [-0.1, -0.05) is 61.8 Å². The first-order valence-electron chi connectivity index (χ1n) is 14.8. The largest absolute Gasteiger partial charge is 0.460 e. The van der Waals surface area contributed by atoms with Crippen LogP contribution in [0.1, 0.15) is 74.7 Å². The topological polar surface area (TPSA) is 227 Å². The van der Waals surface area contributed by atoms with Crippen LogP contribution in [0.2, 0.25) is 0 Å². The fourth-order valence-electron chi connectivity index (χ4n) is 3.62. The van der Waals surface area contributed by atoms with Crippen molar-refractivity contribution in [3.05, 3.63) is 0 Å². The van der Waals surface area contributed by atoms with Crippen molar-refractivity contribution in [2.75, 3.05) is 13.2 Å². The predicted octanol–water partition coefficient (Wildman–Crippen LogP) is -0.144. The highest BCUT2D eigenvalue weighted by Crippen LogP contribution is 2.22. The van der Waals surface area contributed by atoms with E-state index in [1.807, 2.05) is 0 Å². The van der Waals surface area contributed by atoms with Crippen LogP contribution in [-0.4, -0.2) is 117 Å². The summed E-state index contributed by atoms with van der Waals surface area (Å²) in [5.74, 6) is -6.37. The third-order valence-electron chi connectivity index (χ3n) is 7.50. The number of hydrogen-bond acceptors (Lipinski definition) is 14. The molecule has 0 aliphatic heterocycles. The molecular weight excluding hydrogens is 572 g/mol. The van der Waals surface area contributed by atoms with Gasteiger partial charge in [0.1, 0.15) is 31.0 Å². The number of esters is 4. The van der Waals surface area contributed by atoms with E-state index in [0.29, 0.717) is 19.3 Å². The second kappa shape index (κ2) is 19.8. The zero-order chi connectivity index (χ0) is 33.6. The molecule has 0 amide bonds. The van der Waals surface area contributed by atoms with Crippen molar-refractivity contribution in [3.63, 3.8) is 0 Å². The molecule has 0 fully saturated rings. The Morgan fingerprint density at radius 1 is 0.558 bits per heavy atom. The first-order valence-corrected chi connectivity index (χ1v) is 14.8. The molecule has 0 aliphatic carbocycles. The summed E-state index contributed by atoms with van der Waals surface area (Å²) < 4.78 is 21.2. The van der Waals surface area contributed by atoms with Crippen molar-refractivity contribution in [2.45, 2.75) is 123 Å². The molecule has 0 saturated heterocycles. The maximum absolute atomic E-state index is 13.3.